The second kappa shape index (κ2) is 6.98. The summed E-state index contributed by atoms with van der Waals surface area (Å²) in [4.78, 5) is 10.6. The lowest BCUT2D eigenvalue weighted by atomic mass is 10.2. The normalized spacial score (nSPS) is 11.0. The summed E-state index contributed by atoms with van der Waals surface area (Å²) in [7, 11) is -1.21. The first-order valence-corrected chi connectivity index (χ1v) is 8.40. The zero-order valence-corrected chi connectivity index (χ0v) is 14.3. The number of benzene rings is 2. The van der Waals surface area contributed by atoms with Crippen molar-refractivity contribution < 1.29 is 27.8 Å². The molecule has 0 radical (unpaired) electrons. The number of ether oxygens (including phenoxy) is 2. The van der Waals surface area contributed by atoms with Gasteiger partial charge in [-0.3, -0.25) is 4.72 Å². The summed E-state index contributed by atoms with van der Waals surface area (Å²) in [6.45, 7) is 0. The molecule has 0 heterocycles. The van der Waals surface area contributed by atoms with Gasteiger partial charge in [0.2, 0.25) is 0 Å². The number of carbonyl (C=O) groups excluding carboxylic acids is 1. The molecule has 0 aliphatic rings. The van der Waals surface area contributed by atoms with Crippen molar-refractivity contribution in [1.82, 2.24) is 0 Å². The monoisotopic (exact) mass is 370 g/mol. The van der Waals surface area contributed by atoms with Crippen molar-refractivity contribution in [2.24, 2.45) is 0 Å². The molecule has 0 amide bonds. The van der Waals surface area contributed by atoms with Gasteiger partial charge in [0.25, 0.3) is 10.0 Å². The van der Waals surface area contributed by atoms with Gasteiger partial charge in [0, 0.05) is 12.1 Å². The molecule has 9 heteroatoms. The Kier molecular flexibility index (Phi) is 5.20. The van der Waals surface area contributed by atoms with Gasteiger partial charge in [-0.15, -0.1) is 0 Å². The van der Waals surface area contributed by atoms with Gasteiger partial charge < -0.3 is 19.4 Å². The maximum absolute atomic E-state index is 12.4. The summed E-state index contributed by atoms with van der Waals surface area (Å²) in [5.41, 5.74) is 0.00224. The first-order chi connectivity index (χ1) is 11.3. The Morgan fingerprint density at radius 1 is 1.08 bits per heavy atom. The summed E-state index contributed by atoms with van der Waals surface area (Å²) in [5.74, 6) is -0.922. The first kappa shape index (κ1) is 17.9. The van der Waals surface area contributed by atoms with Crippen molar-refractivity contribution in [2.45, 2.75) is 4.90 Å². The lowest BCUT2D eigenvalue weighted by Gasteiger charge is -2.14. The number of hydrogen-bond donors (Lipinski definition) is 1. The predicted molar refractivity (Wildman–Crippen MR) is 86.1 cm³/mol. The number of carboxylic acids is 1. The smallest absolute Gasteiger partial charge is 0.262 e. The Morgan fingerprint density at radius 3 is 2.17 bits per heavy atom. The molecular weight excluding hydrogens is 358 g/mol. The average Bonchev–Trinajstić information content (AvgIpc) is 2.55. The van der Waals surface area contributed by atoms with E-state index in [4.69, 9.17) is 21.1 Å². The highest BCUT2D eigenvalue weighted by molar-refractivity contribution is 7.92. The highest BCUT2D eigenvalue weighted by Gasteiger charge is 2.18. The minimum Gasteiger partial charge on any atom is -0.545 e. The molecule has 2 rings (SSSR count). The Labute approximate surface area is 143 Å². The molecule has 0 aliphatic heterocycles. The predicted octanol–water partition coefficient (Wildman–Crippen LogP) is 1.52. The van der Waals surface area contributed by atoms with Gasteiger partial charge in [0.15, 0.2) is 0 Å². The summed E-state index contributed by atoms with van der Waals surface area (Å²) in [5, 5.41) is 11.0. The molecule has 1 N–H and O–H groups in total. The topological polar surface area (TPSA) is 105 Å². The highest BCUT2D eigenvalue weighted by atomic mass is 35.5. The van der Waals surface area contributed by atoms with Crippen LogP contribution in [0.5, 0.6) is 11.5 Å². The number of hydrogen-bond acceptors (Lipinski definition) is 6. The molecule has 0 aromatic heterocycles. The fourth-order valence-electron chi connectivity index (χ4n) is 1.91. The number of rotatable bonds is 6. The second-order valence-corrected chi connectivity index (χ2v) is 6.69. The lowest BCUT2D eigenvalue weighted by Crippen LogP contribution is -2.22. The lowest BCUT2D eigenvalue weighted by molar-refractivity contribution is -0.255. The third-order valence-electron chi connectivity index (χ3n) is 3.12. The van der Waals surface area contributed by atoms with Gasteiger partial charge in [-0.1, -0.05) is 23.7 Å². The van der Waals surface area contributed by atoms with Crippen molar-refractivity contribution in [3.63, 3.8) is 0 Å². The molecule has 24 heavy (non-hydrogen) atoms. The molecule has 7 nitrogen and oxygen atoms in total. The number of sulfonamides is 1. The Hall–Kier alpha value is -2.45. The van der Waals surface area contributed by atoms with Gasteiger partial charge in [0.05, 0.1) is 35.8 Å². The number of anilines is 1. The third-order valence-corrected chi connectivity index (χ3v) is 4.80. The van der Waals surface area contributed by atoms with Gasteiger partial charge in [0.1, 0.15) is 11.5 Å². The van der Waals surface area contributed by atoms with Crippen molar-refractivity contribution >= 4 is 33.3 Å². The fraction of sp³-hybridized carbons (Fsp3) is 0.133. The van der Waals surface area contributed by atoms with Crippen LogP contribution in [0.15, 0.2) is 41.3 Å². The molecule has 0 spiro atoms. The molecule has 0 saturated carbocycles. The van der Waals surface area contributed by atoms with Crippen LogP contribution in [-0.4, -0.2) is 28.6 Å². The molecule has 2 aromatic carbocycles. The van der Waals surface area contributed by atoms with Gasteiger partial charge in [-0.2, -0.15) is 0 Å². The van der Waals surface area contributed by atoms with Crippen LogP contribution in [0.25, 0.3) is 0 Å². The zero-order valence-electron chi connectivity index (χ0n) is 12.7. The highest BCUT2D eigenvalue weighted by Crippen LogP contribution is 2.36. The first-order valence-electron chi connectivity index (χ1n) is 6.54. The van der Waals surface area contributed by atoms with E-state index >= 15 is 0 Å². The van der Waals surface area contributed by atoms with Crippen LogP contribution in [0.1, 0.15) is 10.4 Å². The number of carboxylic acid groups (broad SMARTS) is 1. The van der Waals surface area contributed by atoms with Crippen LogP contribution in [0.2, 0.25) is 5.02 Å². The third kappa shape index (κ3) is 3.72. The van der Waals surface area contributed by atoms with Crippen LogP contribution in [0, 0.1) is 0 Å². The largest absolute Gasteiger partial charge is 0.545 e. The summed E-state index contributed by atoms with van der Waals surface area (Å²) < 4.78 is 37.4. The van der Waals surface area contributed by atoms with Crippen LogP contribution in [0.3, 0.4) is 0 Å². The number of methoxy groups -OCH3 is 2. The van der Waals surface area contributed by atoms with Crippen LogP contribution in [-0.2, 0) is 10.0 Å². The SMILES string of the molecule is COc1cc(NS(=O)(=O)c2ccc(C(=O)[O-])cc2)c(OC)cc1Cl. The van der Waals surface area contributed by atoms with Crippen LogP contribution < -0.4 is 19.3 Å². The van der Waals surface area contributed by atoms with Crippen molar-refractivity contribution in [2.75, 3.05) is 18.9 Å². The zero-order chi connectivity index (χ0) is 17.9. The Morgan fingerprint density at radius 2 is 1.67 bits per heavy atom. The molecule has 2 aromatic rings. The van der Waals surface area contributed by atoms with Crippen LogP contribution in [0.4, 0.5) is 5.69 Å². The number of aromatic carboxylic acids is 1. The standard InChI is InChI=1S/C15H14ClNO6S/c1-22-13-8-12(14(23-2)7-11(13)16)17-24(20,21)10-5-3-9(4-6-10)15(18)19/h3-8,17H,1-2H3,(H,18,19)/p-1. The van der Waals surface area contributed by atoms with Crippen molar-refractivity contribution in [3.8, 4) is 11.5 Å². The Bertz CT molecular complexity index is 864. The minimum absolute atomic E-state index is 0.122. The van der Waals surface area contributed by atoms with Gasteiger partial charge in [-0.25, -0.2) is 8.42 Å². The average molecular weight is 371 g/mol. The minimum atomic E-state index is -3.97. The fourth-order valence-corrected chi connectivity index (χ4v) is 3.21. The number of carbonyl (C=O) groups is 1. The summed E-state index contributed by atoms with van der Waals surface area (Å²) >= 11 is 5.97. The van der Waals surface area contributed by atoms with Crippen molar-refractivity contribution in [3.05, 3.63) is 47.0 Å². The molecule has 0 bridgehead atoms. The molecular formula is C15H13ClNO6S-. The van der Waals surface area contributed by atoms with E-state index in [0.29, 0.717) is 0 Å². The van der Waals surface area contributed by atoms with Crippen LogP contribution >= 0.6 is 11.6 Å². The summed E-state index contributed by atoms with van der Waals surface area (Å²) in [6, 6.07) is 7.40. The van der Waals surface area contributed by atoms with Gasteiger partial charge in [-0.05, 0) is 17.7 Å². The van der Waals surface area contributed by atoms with E-state index < -0.39 is 16.0 Å². The van der Waals surface area contributed by atoms with Crippen molar-refractivity contribution in [1.29, 1.82) is 0 Å². The van der Waals surface area contributed by atoms with E-state index in [1.807, 2.05) is 0 Å². The molecule has 128 valence electrons. The van der Waals surface area contributed by atoms with E-state index in [1.165, 1.54) is 26.4 Å². The molecule has 0 unspecified atom stereocenters. The maximum atomic E-state index is 12.4. The van der Waals surface area contributed by atoms with E-state index in [1.54, 1.807) is 0 Å². The molecule has 0 fully saturated rings. The molecule has 0 saturated heterocycles. The van der Waals surface area contributed by atoms with E-state index in [-0.39, 0.29) is 32.7 Å². The second-order valence-electron chi connectivity index (χ2n) is 4.60. The van der Waals surface area contributed by atoms with E-state index in [2.05, 4.69) is 4.72 Å². The van der Waals surface area contributed by atoms with E-state index in [0.717, 1.165) is 24.3 Å². The molecule has 0 atom stereocenters. The quantitative estimate of drug-likeness (QED) is 0.826. The Balaban J connectivity index is 2.40. The summed E-state index contributed by atoms with van der Waals surface area (Å²) in [6.07, 6.45) is 0. The van der Waals surface area contributed by atoms with Gasteiger partial charge >= 0.3 is 0 Å². The number of nitrogens with one attached hydrogen (secondary N) is 1. The molecule has 0 aliphatic carbocycles. The maximum Gasteiger partial charge on any atom is 0.262 e. The number of halogens is 1. The van der Waals surface area contributed by atoms with E-state index in [9.17, 15) is 18.3 Å².